The van der Waals surface area contributed by atoms with Gasteiger partial charge < -0.3 is 4.57 Å². The maximum Gasteiger partial charge on any atom is 0.0619 e. The molecule has 0 aliphatic rings. The number of para-hydroxylation sites is 2. The first kappa shape index (κ1) is 32.8. The van der Waals surface area contributed by atoms with Gasteiger partial charge in [-0.05, 0) is 72.7 Å². The largest absolute Gasteiger partial charge is 0.308 e. The van der Waals surface area contributed by atoms with Gasteiger partial charge >= 0.3 is 0 Å². The van der Waals surface area contributed by atoms with Gasteiger partial charge in [-0.2, -0.15) is 0 Å². The first-order chi connectivity index (χ1) is 21.9. The van der Waals surface area contributed by atoms with Crippen molar-refractivity contribution < 1.29 is 0 Å². The Balaban J connectivity index is 1.72. The van der Waals surface area contributed by atoms with Crippen molar-refractivity contribution in [2.24, 2.45) is 0 Å². The first-order valence-electron chi connectivity index (χ1n) is 17.3. The van der Waals surface area contributed by atoms with E-state index in [-0.39, 0.29) is 21.7 Å². The number of rotatable bonds is 3. The van der Waals surface area contributed by atoms with E-state index in [1.807, 2.05) is 0 Å². The summed E-state index contributed by atoms with van der Waals surface area (Å²) in [5, 5.41) is 2.57. The summed E-state index contributed by atoms with van der Waals surface area (Å²) in [6, 6.07) is 39.3. The average Bonchev–Trinajstić information content (AvgIpc) is 3.33. The van der Waals surface area contributed by atoms with Crippen LogP contribution in [0.15, 0.2) is 103 Å². The van der Waals surface area contributed by atoms with Gasteiger partial charge in [0.15, 0.2) is 0 Å². The van der Waals surface area contributed by atoms with E-state index in [9.17, 15) is 0 Å². The Morgan fingerprint density at radius 3 is 1.51 bits per heavy atom. The molecule has 1 aromatic heterocycles. The highest BCUT2D eigenvalue weighted by molar-refractivity contribution is 6.14. The Labute approximate surface area is 283 Å². The van der Waals surface area contributed by atoms with Crippen LogP contribution in [0.3, 0.4) is 0 Å². The van der Waals surface area contributed by atoms with E-state index in [0.717, 1.165) is 0 Å². The molecule has 0 fully saturated rings. The summed E-state index contributed by atoms with van der Waals surface area (Å²) in [5.41, 5.74) is 14.4. The SMILES string of the molecule is CC(C)(C)c1ccc(-c2cccc(-n3c4ccccc4c4cccc(-c5cc(C(C)(C)C)cc(C(C)(C)C)c5)c43)c2C(C)(C)C)cc1. The monoisotopic (exact) mass is 619 g/mol. The number of benzene rings is 5. The topological polar surface area (TPSA) is 4.93 Å². The summed E-state index contributed by atoms with van der Waals surface area (Å²) in [7, 11) is 0. The summed E-state index contributed by atoms with van der Waals surface area (Å²) in [6.07, 6.45) is 0. The van der Waals surface area contributed by atoms with Crippen molar-refractivity contribution >= 4 is 21.8 Å². The number of fused-ring (bicyclic) bond motifs is 3. The third-order valence-electron chi connectivity index (χ3n) is 9.77. The lowest BCUT2D eigenvalue weighted by Gasteiger charge is -2.29. The Kier molecular flexibility index (Phi) is 7.86. The lowest BCUT2D eigenvalue weighted by molar-refractivity contribution is 0.569. The third-order valence-corrected chi connectivity index (χ3v) is 9.77. The van der Waals surface area contributed by atoms with Crippen LogP contribution in [0.4, 0.5) is 0 Å². The molecule has 47 heavy (non-hydrogen) atoms. The number of hydrogen-bond acceptors (Lipinski definition) is 0. The van der Waals surface area contributed by atoms with E-state index in [2.05, 4.69) is 191 Å². The predicted molar refractivity (Wildman–Crippen MR) is 206 cm³/mol. The molecule has 0 radical (unpaired) electrons. The highest BCUT2D eigenvalue weighted by atomic mass is 15.0. The molecule has 1 heteroatoms. The molecule has 0 spiro atoms. The molecule has 0 saturated carbocycles. The molecule has 0 atom stereocenters. The van der Waals surface area contributed by atoms with Crippen LogP contribution in [0, 0.1) is 0 Å². The van der Waals surface area contributed by atoms with E-state index in [0.29, 0.717) is 0 Å². The molecule has 0 unspecified atom stereocenters. The maximum absolute atomic E-state index is 2.56. The molecule has 242 valence electrons. The van der Waals surface area contributed by atoms with Crippen molar-refractivity contribution in [1.29, 1.82) is 0 Å². The average molecular weight is 620 g/mol. The zero-order valence-electron chi connectivity index (χ0n) is 30.8. The van der Waals surface area contributed by atoms with Gasteiger partial charge in [-0.25, -0.2) is 0 Å². The minimum atomic E-state index is -0.104. The summed E-state index contributed by atoms with van der Waals surface area (Å²) in [4.78, 5) is 0. The van der Waals surface area contributed by atoms with Crippen LogP contribution in [-0.4, -0.2) is 4.57 Å². The number of hydrogen-bond donors (Lipinski definition) is 0. The summed E-state index contributed by atoms with van der Waals surface area (Å²) < 4.78 is 2.56. The summed E-state index contributed by atoms with van der Waals surface area (Å²) >= 11 is 0. The van der Waals surface area contributed by atoms with Crippen molar-refractivity contribution in [2.75, 3.05) is 0 Å². The Hall–Kier alpha value is -4.10. The highest BCUT2D eigenvalue weighted by Crippen LogP contribution is 2.44. The lowest BCUT2D eigenvalue weighted by atomic mass is 9.78. The fourth-order valence-electron chi connectivity index (χ4n) is 7.06. The van der Waals surface area contributed by atoms with Crippen LogP contribution >= 0.6 is 0 Å². The minimum Gasteiger partial charge on any atom is -0.308 e. The van der Waals surface area contributed by atoms with Gasteiger partial charge in [-0.1, -0.05) is 174 Å². The third kappa shape index (κ3) is 6.06. The first-order valence-corrected chi connectivity index (χ1v) is 17.3. The van der Waals surface area contributed by atoms with E-state index in [4.69, 9.17) is 0 Å². The van der Waals surface area contributed by atoms with E-state index < -0.39 is 0 Å². The quantitative estimate of drug-likeness (QED) is 0.186. The van der Waals surface area contributed by atoms with Crippen molar-refractivity contribution in [1.82, 2.24) is 4.57 Å². The van der Waals surface area contributed by atoms with Gasteiger partial charge in [-0.15, -0.1) is 0 Å². The standard InChI is InChI=1S/C46H53N/c1-43(2,3)32-25-23-30(24-26-32)35-18-16-22-40(41(35)46(10,11)12)47-39-21-14-13-17-37(39)38-20-15-19-36(42(38)47)31-27-33(44(4,5)6)29-34(28-31)45(7,8)9/h13-29H,1-12H3. The van der Waals surface area contributed by atoms with Gasteiger partial charge in [0, 0.05) is 16.3 Å². The zero-order valence-corrected chi connectivity index (χ0v) is 30.8. The lowest BCUT2D eigenvalue weighted by Crippen LogP contribution is -2.17. The number of nitrogens with zero attached hydrogens (tertiary/aromatic N) is 1. The maximum atomic E-state index is 2.56. The van der Waals surface area contributed by atoms with Crippen molar-refractivity contribution in [3.63, 3.8) is 0 Å². The van der Waals surface area contributed by atoms with Gasteiger partial charge in [0.05, 0.1) is 16.7 Å². The fraction of sp³-hybridized carbons (Fsp3) is 0.348. The minimum absolute atomic E-state index is 0.0346. The molecule has 1 nitrogen and oxygen atoms in total. The fourth-order valence-corrected chi connectivity index (χ4v) is 7.06. The highest BCUT2D eigenvalue weighted by Gasteiger charge is 2.28. The molecular formula is C46H53N. The molecule has 0 aliphatic heterocycles. The zero-order chi connectivity index (χ0) is 34.1. The van der Waals surface area contributed by atoms with Gasteiger partial charge in [0.25, 0.3) is 0 Å². The van der Waals surface area contributed by atoms with Gasteiger partial charge in [-0.3, -0.25) is 0 Å². The van der Waals surface area contributed by atoms with Gasteiger partial charge in [0.2, 0.25) is 0 Å². The second-order valence-electron chi connectivity index (χ2n) is 17.6. The normalized spacial score (nSPS) is 13.1. The molecule has 0 saturated heterocycles. The molecular weight excluding hydrogens is 567 g/mol. The van der Waals surface area contributed by atoms with Crippen molar-refractivity contribution in [2.45, 2.75) is 105 Å². The molecule has 6 rings (SSSR count). The van der Waals surface area contributed by atoms with Crippen LogP contribution in [-0.2, 0) is 21.7 Å². The Morgan fingerprint density at radius 2 is 0.936 bits per heavy atom. The molecule has 6 aromatic rings. The van der Waals surface area contributed by atoms with E-state index in [1.165, 1.54) is 72.0 Å². The second kappa shape index (κ2) is 11.3. The smallest absolute Gasteiger partial charge is 0.0619 e. The van der Waals surface area contributed by atoms with Crippen molar-refractivity contribution in [3.8, 4) is 27.9 Å². The molecule has 0 aliphatic carbocycles. The summed E-state index contributed by atoms with van der Waals surface area (Å²) in [6.45, 7) is 27.9. The van der Waals surface area contributed by atoms with Crippen LogP contribution in [0.2, 0.25) is 0 Å². The molecule has 0 amide bonds. The number of aromatic nitrogens is 1. The van der Waals surface area contributed by atoms with Crippen LogP contribution in [0.25, 0.3) is 49.7 Å². The van der Waals surface area contributed by atoms with Crippen LogP contribution < -0.4 is 0 Å². The van der Waals surface area contributed by atoms with Gasteiger partial charge in [0.1, 0.15) is 0 Å². The van der Waals surface area contributed by atoms with E-state index >= 15 is 0 Å². The Bertz CT molecular complexity index is 2060. The predicted octanol–water partition coefficient (Wildman–Crippen LogP) is 13.3. The molecule has 0 N–H and O–H groups in total. The molecule has 1 heterocycles. The van der Waals surface area contributed by atoms with Crippen LogP contribution in [0.5, 0.6) is 0 Å². The van der Waals surface area contributed by atoms with E-state index in [1.54, 1.807) is 0 Å². The summed E-state index contributed by atoms with van der Waals surface area (Å²) in [5.74, 6) is 0. The van der Waals surface area contributed by atoms with Crippen molar-refractivity contribution in [3.05, 3.63) is 125 Å². The molecule has 5 aromatic carbocycles. The van der Waals surface area contributed by atoms with Crippen LogP contribution in [0.1, 0.15) is 105 Å². The Morgan fingerprint density at radius 1 is 0.404 bits per heavy atom. The molecule has 0 bridgehead atoms. The second-order valence-corrected chi connectivity index (χ2v) is 17.6.